The Morgan fingerprint density at radius 2 is 2.15 bits per heavy atom. The lowest BCUT2D eigenvalue weighted by atomic mass is 10.1. The zero-order valence-electron chi connectivity index (χ0n) is 10.9. The van der Waals surface area contributed by atoms with Gasteiger partial charge < -0.3 is 20.4 Å². The standard InChI is InChI=1S/C13H15BrN2O4/c1-13(20)4-5-16(7-13)12(19)15-10-3-2-8(14)6-9(10)11(17)18/h2-3,6,20H,4-5,7H2,1H3,(H,15,19)(H,17,18). The summed E-state index contributed by atoms with van der Waals surface area (Å²) < 4.78 is 0.622. The molecule has 1 aliphatic heterocycles. The molecule has 1 atom stereocenters. The van der Waals surface area contributed by atoms with Crippen LogP contribution in [-0.2, 0) is 0 Å². The maximum absolute atomic E-state index is 12.1. The molecular formula is C13H15BrN2O4. The molecule has 1 aliphatic rings. The van der Waals surface area contributed by atoms with Crippen molar-refractivity contribution >= 4 is 33.6 Å². The maximum atomic E-state index is 12.1. The molecule has 0 radical (unpaired) electrons. The van der Waals surface area contributed by atoms with Gasteiger partial charge in [0.2, 0.25) is 0 Å². The third-order valence-corrected chi connectivity index (χ3v) is 3.69. The van der Waals surface area contributed by atoms with Gasteiger partial charge in [0, 0.05) is 11.0 Å². The molecule has 3 N–H and O–H groups in total. The maximum Gasteiger partial charge on any atom is 0.337 e. The molecule has 2 amide bonds. The van der Waals surface area contributed by atoms with Crippen molar-refractivity contribution in [2.24, 2.45) is 0 Å². The van der Waals surface area contributed by atoms with Gasteiger partial charge in [0.1, 0.15) is 0 Å². The Morgan fingerprint density at radius 1 is 1.45 bits per heavy atom. The lowest BCUT2D eigenvalue weighted by molar-refractivity contribution is 0.0695. The van der Waals surface area contributed by atoms with Crippen molar-refractivity contribution in [3.05, 3.63) is 28.2 Å². The van der Waals surface area contributed by atoms with Crippen molar-refractivity contribution < 1.29 is 19.8 Å². The Kier molecular flexibility index (Phi) is 4.01. The molecule has 0 aliphatic carbocycles. The number of hydrogen-bond donors (Lipinski definition) is 3. The summed E-state index contributed by atoms with van der Waals surface area (Å²) in [4.78, 5) is 24.7. The highest BCUT2D eigenvalue weighted by atomic mass is 79.9. The molecule has 1 fully saturated rings. The van der Waals surface area contributed by atoms with Gasteiger partial charge in [-0.25, -0.2) is 9.59 Å². The number of benzene rings is 1. The zero-order chi connectivity index (χ0) is 14.9. The van der Waals surface area contributed by atoms with Crippen LogP contribution in [0.4, 0.5) is 10.5 Å². The second-order valence-corrected chi connectivity index (χ2v) is 6.01. The van der Waals surface area contributed by atoms with E-state index in [9.17, 15) is 14.7 Å². The van der Waals surface area contributed by atoms with Crippen LogP contribution in [0.25, 0.3) is 0 Å². The van der Waals surface area contributed by atoms with Crippen LogP contribution in [0.1, 0.15) is 23.7 Å². The smallest absolute Gasteiger partial charge is 0.337 e. The number of likely N-dealkylation sites (tertiary alicyclic amines) is 1. The molecule has 0 bridgehead atoms. The highest BCUT2D eigenvalue weighted by molar-refractivity contribution is 9.10. The number of halogens is 1. The summed E-state index contributed by atoms with van der Waals surface area (Å²) in [6.45, 7) is 2.35. The molecular weight excluding hydrogens is 328 g/mol. The third kappa shape index (κ3) is 3.29. The van der Waals surface area contributed by atoms with Crippen LogP contribution >= 0.6 is 15.9 Å². The zero-order valence-corrected chi connectivity index (χ0v) is 12.5. The average molecular weight is 343 g/mol. The van der Waals surface area contributed by atoms with Crippen molar-refractivity contribution in [2.45, 2.75) is 18.9 Å². The number of urea groups is 1. The first-order chi connectivity index (χ1) is 9.28. The lowest BCUT2D eigenvalue weighted by Crippen LogP contribution is -2.36. The third-order valence-electron chi connectivity index (χ3n) is 3.19. The number of amides is 2. The number of carbonyl (C=O) groups excluding carboxylic acids is 1. The van der Waals surface area contributed by atoms with Crippen LogP contribution in [0.2, 0.25) is 0 Å². The Bertz CT molecular complexity index is 559. The monoisotopic (exact) mass is 342 g/mol. The second kappa shape index (κ2) is 5.41. The Hall–Kier alpha value is -1.60. The summed E-state index contributed by atoms with van der Waals surface area (Å²) in [7, 11) is 0. The van der Waals surface area contributed by atoms with E-state index >= 15 is 0 Å². The molecule has 108 valence electrons. The van der Waals surface area contributed by atoms with Crippen LogP contribution in [0.15, 0.2) is 22.7 Å². The number of carboxylic acid groups (broad SMARTS) is 1. The number of nitrogens with one attached hydrogen (secondary N) is 1. The van der Waals surface area contributed by atoms with Gasteiger partial charge in [-0.2, -0.15) is 0 Å². The number of aromatic carboxylic acids is 1. The summed E-state index contributed by atoms with van der Waals surface area (Å²) in [5.41, 5.74) is -0.636. The van der Waals surface area contributed by atoms with E-state index in [1.54, 1.807) is 13.0 Å². The van der Waals surface area contributed by atoms with E-state index in [-0.39, 0.29) is 17.8 Å². The van der Waals surface area contributed by atoms with Gasteiger partial charge in [0.15, 0.2) is 0 Å². The van der Waals surface area contributed by atoms with E-state index < -0.39 is 17.6 Å². The van der Waals surface area contributed by atoms with Crippen LogP contribution < -0.4 is 5.32 Å². The summed E-state index contributed by atoms with van der Waals surface area (Å²) in [5.74, 6) is -1.12. The molecule has 0 saturated carbocycles. The predicted molar refractivity (Wildman–Crippen MR) is 76.9 cm³/mol. The summed E-state index contributed by atoms with van der Waals surface area (Å²) >= 11 is 3.19. The largest absolute Gasteiger partial charge is 0.478 e. The van der Waals surface area contributed by atoms with Crippen molar-refractivity contribution in [3.63, 3.8) is 0 Å². The van der Waals surface area contributed by atoms with Crippen LogP contribution in [0, 0.1) is 0 Å². The van der Waals surface area contributed by atoms with E-state index in [2.05, 4.69) is 21.2 Å². The molecule has 1 aromatic rings. The molecule has 7 heteroatoms. The van der Waals surface area contributed by atoms with Gasteiger partial charge in [-0.3, -0.25) is 0 Å². The minimum absolute atomic E-state index is 0.0127. The van der Waals surface area contributed by atoms with Gasteiger partial charge in [0.25, 0.3) is 0 Å². The first-order valence-corrected chi connectivity index (χ1v) is 6.89. The normalized spacial score (nSPS) is 21.9. The van der Waals surface area contributed by atoms with Crippen LogP contribution in [0.3, 0.4) is 0 Å². The topological polar surface area (TPSA) is 89.9 Å². The SMILES string of the molecule is CC1(O)CCN(C(=O)Nc2ccc(Br)cc2C(=O)O)C1. The second-order valence-electron chi connectivity index (χ2n) is 5.09. The molecule has 0 spiro atoms. The highest BCUT2D eigenvalue weighted by Crippen LogP contribution is 2.24. The fourth-order valence-electron chi connectivity index (χ4n) is 2.12. The predicted octanol–water partition coefficient (Wildman–Crippen LogP) is 2.14. The molecule has 6 nitrogen and oxygen atoms in total. The minimum Gasteiger partial charge on any atom is -0.478 e. The molecule has 1 aromatic carbocycles. The van der Waals surface area contributed by atoms with Crippen molar-refractivity contribution in [1.29, 1.82) is 0 Å². The van der Waals surface area contributed by atoms with Gasteiger partial charge in [-0.1, -0.05) is 15.9 Å². The van der Waals surface area contributed by atoms with E-state index in [1.807, 2.05) is 0 Å². The number of hydrogen-bond acceptors (Lipinski definition) is 3. The Balaban J connectivity index is 2.14. The Morgan fingerprint density at radius 3 is 2.70 bits per heavy atom. The molecule has 1 unspecified atom stereocenters. The molecule has 20 heavy (non-hydrogen) atoms. The minimum atomic E-state index is -1.12. The fraction of sp³-hybridized carbons (Fsp3) is 0.385. The van der Waals surface area contributed by atoms with Gasteiger partial charge in [-0.15, -0.1) is 0 Å². The van der Waals surface area contributed by atoms with Gasteiger partial charge in [0.05, 0.1) is 23.4 Å². The highest BCUT2D eigenvalue weighted by Gasteiger charge is 2.34. The van der Waals surface area contributed by atoms with Crippen molar-refractivity contribution in [2.75, 3.05) is 18.4 Å². The summed E-state index contributed by atoms with van der Waals surface area (Å²) in [6.07, 6.45) is 0.506. The van der Waals surface area contributed by atoms with Crippen molar-refractivity contribution in [3.8, 4) is 0 Å². The number of aliphatic hydroxyl groups is 1. The first-order valence-electron chi connectivity index (χ1n) is 6.10. The lowest BCUT2D eigenvalue weighted by Gasteiger charge is -2.20. The average Bonchev–Trinajstić information content (AvgIpc) is 2.71. The molecule has 0 aromatic heterocycles. The van der Waals surface area contributed by atoms with E-state index in [0.717, 1.165) is 0 Å². The molecule has 2 rings (SSSR count). The van der Waals surface area contributed by atoms with Gasteiger partial charge >= 0.3 is 12.0 Å². The van der Waals surface area contributed by atoms with E-state index in [0.29, 0.717) is 17.4 Å². The van der Waals surface area contributed by atoms with Crippen LogP contribution in [-0.4, -0.2) is 45.8 Å². The number of anilines is 1. The number of nitrogens with zero attached hydrogens (tertiary/aromatic N) is 1. The molecule has 1 heterocycles. The van der Waals surface area contributed by atoms with E-state index in [1.165, 1.54) is 17.0 Å². The van der Waals surface area contributed by atoms with Crippen LogP contribution in [0.5, 0.6) is 0 Å². The van der Waals surface area contributed by atoms with Gasteiger partial charge in [-0.05, 0) is 31.5 Å². The Labute approximate surface area is 124 Å². The molecule has 1 saturated heterocycles. The number of rotatable bonds is 2. The van der Waals surface area contributed by atoms with Crippen molar-refractivity contribution in [1.82, 2.24) is 4.90 Å². The fourth-order valence-corrected chi connectivity index (χ4v) is 2.48. The van der Waals surface area contributed by atoms with E-state index in [4.69, 9.17) is 5.11 Å². The number of carboxylic acids is 1. The number of carbonyl (C=O) groups is 2. The quantitative estimate of drug-likeness (QED) is 0.767. The first kappa shape index (κ1) is 14.8. The summed E-state index contributed by atoms with van der Waals surface area (Å²) in [5, 5.41) is 21.5. The number of β-amino-alcohol motifs (C(OH)–C–C–N with tert-alkyl or cyclic N) is 1. The summed E-state index contributed by atoms with van der Waals surface area (Å²) in [6, 6.07) is 4.20.